The number of carbonyl (C=O) groups is 2. The van der Waals surface area contributed by atoms with Gasteiger partial charge >= 0.3 is 6.03 Å². The summed E-state index contributed by atoms with van der Waals surface area (Å²) >= 11 is 0. The van der Waals surface area contributed by atoms with Gasteiger partial charge in [-0.15, -0.1) is 0 Å². The predicted octanol–water partition coefficient (Wildman–Crippen LogP) is 2.16. The standard InChI is InChI=1S/C12H17N3O2/c1-8(2)6-11(16)14-9-4-3-5-10(7-9)15-12(13)17/h3-5,7-8H,6H2,1-2H3,(H,14,16)(H3,13,15,17). The number of hydrogen-bond donors (Lipinski definition) is 3. The zero-order valence-electron chi connectivity index (χ0n) is 9.99. The lowest BCUT2D eigenvalue weighted by Gasteiger charge is -2.08. The molecule has 0 aliphatic heterocycles. The molecule has 0 fully saturated rings. The Hall–Kier alpha value is -2.04. The molecule has 92 valence electrons. The molecule has 17 heavy (non-hydrogen) atoms. The fourth-order valence-corrected chi connectivity index (χ4v) is 1.40. The summed E-state index contributed by atoms with van der Waals surface area (Å²) in [4.78, 5) is 22.2. The Morgan fingerprint density at radius 1 is 1.24 bits per heavy atom. The fraction of sp³-hybridized carbons (Fsp3) is 0.333. The van der Waals surface area contributed by atoms with Crippen LogP contribution >= 0.6 is 0 Å². The van der Waals surface area contributed by atoms with Crippen molar-refractivity contribution in [1.29, 1.82) is 0 Å². The van der Waals surface area contributed by atoms with E-state index in [1.165, 1.54) is 0 Å². The fourth-order valence-electron chi connectivity index (χ4n) is 1.40. The molecule has 1 aromatic carbocycles. The van der Waals surface area contributed by atoms with E-state index >= 15 is 0 Å². The molecular weight excluding hydrogens is 218 g/mol. The van der Waals surface area contributed by atoms with Crippen molar-refractivity contribution in [3.05, 3.63) is 24.3 Å². The number of urea groups is 1. The van der Waals surface area contributed by atoms with Crippen LogP contribution in [0.4, 0.5) is 16.2 Å². The first-order valence-corrected chi connectivity index (χ1v) is 5.43. The maximum Gasteiger partial charge on any atom is 0.316 e. The highest BCUT2D eigenvalue weighted by Crippen LogP contribution is 2.15. The molecule has 0 aromatic heterocycles. The molecule has 0 saturated carbocycles. The molecule has 3 amide bonds. The molecule has 5 nitrogen and oxygen atoms in total. The lowest BCUT2D eigenvalue weighted by molar-refractivity contribution is -0.116. The quantitative estimate of drug-likeness (QED) is 0.747. The van der Waals surface area contributed by atoms with E-state index in [2.05, 4.69) is 10.6 Å². The Morgan fingerprint density at radius 3 is 2.35 bits per heavy atom. The minimum Gasteiger partial charge on any atom is -0.351 e. The number of benzene rings is 1. The molecule has 0 saturated heterocycles. The van der Waals surface area contributed by atoms with Crippen molar-refractivity contribution in [1.82, 2.24) is 0 Å². The Kier molecular flexibility index (Phi) is 4.51. The molecule has 0 aliphatic rings. The highest BCUT2D eigenvalue weighted by Gasteiger charge is 2.05. The smallest absolute Gasteiger partial charge is 0.316 e. The van der Waals surface area contributed by atoms with Crippen molar-refractivity contribution >= 4 is 23.3 Å². The van der Waals surface area contributed by atoms with Gasteiger partial charge in [-0.1, -0.05) is 19.9 Å². The van der Waals surface area contributed by atoms with Crippen molar-refractivity contribution in [2.45, 2.75) is 20.3 Å². The topological polar surface area (TPSA) is 84.2 Å². The number of hydrogen-bond acceptors (Lipinski definition) is 2. The third-order valence-electron chi connectivity index (χ3n) is 2.01. The third-order valence-corrected chi connectivity index (χ3v) is 2.01. The van der Waals surface area contributed by atoms with Gasteiger partial charge in [0.25, 0.3) is 0 Å². The summed E-state index contributed by atoms with van der Waals surface area (Å²) in [6, 6.07) is 6.21. The van der Waals surface area contributed by atoms with Gasteiger partial charge in [0.2, 0.25) is 5.91 Å². The van der Waals surface area contributed by atoms with Gasteiger partial charge in [-0.2, -0.15) is 0 Å². The van der Waals surface area contributed by atoms with Crippen LogP contribution in [-0.4, -0.2) is 11.9 Å². The molecule has 0 spiro atoms. The first kappa shape index (κ1) is 13.0. The number of anilines is 2. The highest BCUT2D eigenvalue weighted by atomic mass is 16.2. The maximum absolute atomic E-state index is 11.5. The van der Waals surface area contributed by atoms with Crippen molar-refractivity contribution in [3.8, 4) is 0 Å². The maximum atomic E-state index is 11.5. The van der Waals surface area contributed by atoms with Crippen LogP contribution in [0.1, 0.15) is 20.3 Å². The highest BCUT2D eigenvalue weighted by molar-refractivity contribution is 5.93. The SMILES string of the molecule is CC(C)CC(=O)Nc1cccc(NC(N)=O)c1. The summed E-state index contributed by atoms with van der Waals surface area (Å²) in [5.41, 5.74) is 6.20. The van der Waals surface area contributed by atoms with E-state index in [4.69, 9.17) is 5.73 Å². The second kappa shape index (κ2) is 5.89. The lowest BCUT2D eigenvalue weighted by atomic mass is 10.1. The molecule has 1 rings (SSSR count). The molecule has 0 radical (unpaired) electrons. The molecule has 1 aromatic rings. The average Bonchev–Trinajstić information content (AvgIpc) is 2.14. The largest absolute Gasteiger partial charge is 0.351 e. The van der Waals surface area contributed by atoms with E-state index < -0.39 is 6.03 Å². The number of carbonyl (C=O) groups excluding carboxylic acids is 2. The average molecular weight is 235 g/mol. The monoisotopic (exact) mass is 235 g/mol. The summed E-state index contributed by atoms with van der Waals surface area (Å²) < 4.78 is 0. The zero-order chi connectivity index (χ0) is 12.8. The number of rotatable bonds is 4. The summed E-state index contributed by atoms with van der Waals surface area (Å²) in [7, 11) is 0. The molecule has 0 atom stereocenters. The van der Waals surface area contributed by atoms with Gasteiger partial charge < -0.3 is 16.4 Å². The third kappa shape index (κ3) is 5.01. The van der Waals surface area contributed by atoms with Crippen molar-refractivity contribution in [3.63, 3.8) is 0 Å². The minimum atomic E-state index is -0.629. The van der Waals surface area contributed by atoms with Gasteiger partial charge in [-0.05, 0) is 24.1 Å². The van der Waals surface area contributed by atoms with Crippen LogP contribution in [0.5, 0.6) is 0 Å². The first-order chi connectivity index (χ1) is 7.97. The Morgan fingerprint density at radius 2 is 1.82 bits per heavy atom. The molecule has 5 heteroatoms. The van der Waals surface area contributed by atoms with E-state index in [9.17, 15) is 9.59 Å². The first-order valence-electron chi connectivity index (χ1n) is 5.43. The van der Waals surface area contributed by atoms with Crippen LogP contribution in [0.2, 0.25) is 0 Å². The van der Waals surface area contributed by atoms with Crippen LogP contribution < -0.4 is 16.4 Å². The van der Waals surface area contributed by atoms with Crippen LogP contribution in [0.3, 0.4) is 0 Å². The second-order valence-corrected chi connectivity index (χ2v) is 4.22. The second-order valence-electron chi connectivity index (χ2n) is 4.22. The molecule has 0 bridgehead atoms. The van der Waals surface area contributed by atoms with Gasteiger partial charge in [0, 0.05) is 17.8 Å². The number of nitrogens with one attached hydrogen (secondary N) is 2. The molecule has 0 unspecified atom stereocenters. The van der Waals surface area contributed by atoms with Crippen LogP contribution in [0, 0.1) is 5.92 Å². The van der Waals surface area contributed by atoms with E-state index in [1.807, 2.05) is 13.8 Å². The molecular formula is C12H17N3O2. The number of nitrogens with two attached hydrogens (primary N) is 1. The van der Waals surface area contributed by atoms with E-state index in [0.717, 1.165) is 0 Å². The summed E-state index contributed by atoms with van der Waals surface area (Å²) in [5, 5.41) is 5.20. The van der Waals surface area contributed by atoms with Crippen molar-refractivity contribution in [2.75, 3.05) is 10.6 Å². The number of amides is 3. The predicted molar refractivity (Wildman–Crippen MR) is 67.7 cm³/mol. The van der Waals surface area contributed by atoms with Crippen LogP contribution in [0.25, 0.3) is 0 Å². The van der Waals surface area contributed by atoms with Gasteiger partial charge in [0.15, 0.2) is 0 Å². The lowest BCUT2D eigenvalue weighted by Crippen LogP contribution is -2.19. The van der Waals surface area contributed by atoms with E-state index in [-0.39, 0.29) is 5.91 Å². The van der Waals surface area contributed by atoms with Crippen LogP contribution in [-0.2, 0) is 4.79 Å². The summed E-state index contributed by atoms with van der Waals surface area (Å²) in [6.07, 6.45) is 0.466. The normalized spacial score (nSPS) is 10.1. The Bertz CT molecular complexity index is 416. The molecule has 4 N–H and O–H groups in total. The van der Waals surface area contributed by atoms with Crippen molar-refractivity contribution in [2.24, 2.45) is 11.7 Å². The van der Waals surface area contributed by atoms with Gasteiger partial charge in [0.1, 0.15) is 0 Å². The van der Waals surface area contributed by atoms with Gasteiger partial charge in [-0.25, -0.2) is 4.79 Å². The molecule has 0 heterocycles. The number of primary amides is 1. The zero-order valence-corrected chi connectivity index (χ0v) is 9.99. The van der Waals surface area contributed by atoms with Gasteiger partial charge in [0.05, 0.1) is 0 Å². The van der Waals surface area contributed by atoms with E-state index in [0.29, 0.717) is 23.7 Å². The Balaban J connectivity index is 2.65. The Labute approximate surface area is 100 Å². The van der Waals surface area contributed by atoms with E-state index in [1.54, 1.807) is 24.3 Å². The van der Waals surface area contributed by atoms with Crippen LogP contribution in [0.15, 0.2) is 24.3 Å². The molecule has 0 aliphatic carbocycles. The van der Waals surface area contributed by atoms with Crippen molar-refractivity contribution < 1.29 is 9.59 Å². The van der Waals surface area contributed by atoms with Gasteiger partial charge in [-0.3, -0.25) is 4.79 Å². The summed E-state index contributed by atoms with van der Waals surface area (Å²) in [5.74, 6) is 0.262. The minimum absolute atomic E-state index is 0.0452. The summed E-state index contributed by atoms with van der Waals surface area (Å²) in [6.45, 7) is 3.95.